The van der Waals surface area contributed by atoms with E-state index in [9.17, 15) is 22.8 Å². The quantitative estimate of drug-likeness (QED) is 0.665. The molecule has 0 fully saturated rings. The molecule has 1 heterocycles. The van der Waals surface area contributed by atoms with E-state index in [2.05, 4.69) is 15.8 Å². The molecule has 0 atom stereocenters. The van der Waals surface area contributed by atoms with Gasteiger partial charge in [0.25, 0.3) is 11.8 Å². The average molecular weight is 341 g/mol. The molecule has 2 rings (SSSR count). The van der Waals surface area contributed by atoms with E-state index in [-0.39, 0.29) is 27.9 Å². The average Bonchev–Trinajstić information content (AvgIpc) is 2.52. The van der Waals surface area contributed by atoms with E-state index in [1.807, 2.05) is 0 Å². The van der Waals surface area contributed by atoms with Gasteiger partial charge in [0.2, 0.25) is 0 Å². The van der Waals surface area contributed by atoms with Crippen molar-refractivity contribution >= 4 is 23.6 Å². The second-order valence-corrected chi connectivity index (χ2v) is 5.33. The third kappa shape index (κ3) is 5.29. The number of pyridine rings is 1. The number of aromatic nitrogens is 1. The number of nitrogens with one attached hydrogen (secondary N) is 2. The van der Waals surface area contributed by atoms with E-state index in [0.717, 1.165) is 0 Å². The van der Waals surface area contributed by atoms with Gasteiger partial charge in [-0.2, -0.15) is 13.2 Å². The molecular weight excluding hydrogens is 331 g/mol. The molecule has 0 saturated carbocycles. The number of thioether (sulfide) groups is 1. The lowest BCUT2D eigenvalue weighted by Crippen LogP contribution is -2.41. The van der Waals surface area contributed by atoms with E-state index in [4.69, 9.17) is 0 Å². The van der Waals surface area contributed by atoms with Gasteiger partial charge < -0.3 is 0 Å². The maximum Gasteiger partial charge on any atom is 0.446 e. The predicted octanol–water partition coefficient (Wildman–Crippen LogP) is 2.77. The van der Waals surface area contributed by atoms with Crippen LogP contribution in [0.15, 0.2) is 53.6 Å². The zero-order valence-corrected chi connectivity index (χ0v) is 12.2. The van der Waals surface area contributed by atoms with Crippen molar-refractivity contribution < 1.29 is 22.8 Å². The van der Waals surface area contributed by atoms with Gasteiger partial charge in [-0.1, -0.05) is 6.07 Å². The van der Waals surface area contributed by atoms with E-state index < -0.39 is 17.3 Å². The van der Waals surface area contributed by atoms with Gasteiger partial charge in [0, 0.05) is 16.7 Å². The Morgan fingerprint density at radius 3 is 2.17 bits per heavy atom. The summed E-state index contributed by atoms with van der Waals surface area (Å²) in [4.78, 5) is 27.2. The minimum atomic E-state index is -4.39. The number of benzene rings is 1. The second kappa shape index (κ2) is 7.14. The van der Waals surface area contributed by atoms with Crippen molar-refractivity contribution in [2.24, 2.45) is 0 Å². The number of rotatable bonds is 3. The molecular formula is C14H10F3N3O2S. The number of hydrogen-bond donors (Lipinski definition) is 2. The van der Waals surface area contributed by atoms with Crippen LogP contribution in [0.2, 0.25) is 0 Å². The molecule has 2 aromatic rings. The fourth-order valence-corrected chi connectivity index (χ4v) is 2.09. The van der Waals surface area contributed by atoms with Gasteiger partial charge in [-0.25, -0.2) is 0 Å². The lowest BCUT2D eigenvalue weighted by molar-refractivity contribution is -0.0328. The van der Waals surface area contributed by atoms with Crippen molar-refractivity contribution in [1.82, 2.24) is 15.8 Å². The first-order valence-electron chi connectivity index (χ1n) is 6.23. The van der Waals surface area contributed by atoms with Crippen LogP contribution in [0.1, 0.15) is 20.8 Å². The summed E-state index contributed by atoms with van der Waals surface area (Å²) in [5.41, 5.74) is 0.157. The summed E-state index contributed by atoms with van der Waals surface area (Å²) >= 11 is -0.273. The molecule has 1 aromatic carbocycles. The maximum atomic E-state index is 12.2. The summed E-state index contributed by atoms with van der Waals surface area (Å²) in [6.07, 6.45) is 1.42. The molecule has 0 aliphatic carbocycles. The highest BCUT2D eigenvalue weighted by atomic mass is 32.2. The normalized spacial score (nSPS) is 10.9. The van der Waals surface area contributed by atoms with Gasteiger partial charge in [0.05, 0.1) is 0 Å². The number of hydrogen-bond acceptors (Lipinski definition) is 4. The van der Waals surface area contributed by atoms with Crippen LogP contribution in [0.25, 0.3) is 0 Å². The smallest absolute Gasteiger partial charge is 0.267 e. The summed E-state index contributed by atoms with van der Waals surface area (Å²) in [6.45, 7) is 0. The number of alkyl halides is 3. The Hall–Kier alpha value is -2.55. The topological polar surface area (TPSA) is 71.1 Å². The molecule has 0 aliphatic heterocycles. The highest BCUT2D eigenvalue weighted by Gasteiger charge is 2.29. The summed E-state index contributed by atoms with van der Waals surface area (Å²) in [7, 11) is 0. The Bertz CT molecular complexity index is 691. The van der Waals surface area contributed by atoms with Gasteiger partial charge in [0.15, 0.2) is 0 Å². The standard InChI is InChI=1S/C14H10F3N3O2S/c15-14(16,17)23-10-6-4-9(5-7-10)12(21)19-20-13(22)11-3-1-2-8-18-11/h1-8H,(H,19,21)(H,20,22). The van der Waals surface area contributed by atoms with Gasteiger partial charge in [0.1, 0.15) is 5.69 Å². The number of hydrazine groups is 1. The highest BCUT2D eigenvalue weighted by Crippen LogP contribution is 2.36. The van der Waals surface area contributed by atoms with E-state index in [1.54, 1.807) is 12.1 Å². The second-order valence-electron chi connectivity index (χ2n) is 4.20. The van der Waals surface area contributed by atoms with Gasteiger partial charge in [-0.3, -0.25) is 25.4 Å². The number of carbonyl (C=O) groups is 2. The molecule has 2 amide bonds. The van der Waals surface area contributed by atoms with Crippen LogP contribution >= 0.6 is 11.8 Å². The molecule has 1 aromatic heterocycles. The molecule has 9 heteroatoms. The Morgan fingerprint density at radius 2 is 1.61 bits per heavy atom. The SMILES string of the molecule is O=C(NNC(=O)c1ccccn1)c1ccc(SC(F)(F)F)cc1. The van der Waals surface area contributed by atoms with Crippen LogP contribution in [-0.2, 0) is 0 Å². The third-order valence-corrected chi connectivity index (χ3v) is 3.28. The Kier molecular flexibility index (Phi) is 5.22. The number of halogens is 3. The zero-order valence-electron chi connectivity index (χ0n) is 11.4. The molecule has 0 radical (unpaired) electrons. The largest absolute Gasteiger partial charge is 0.446 e. The van der Waals surface area contributed by atoms with Crippen molar-refractivity contribution in [3.05, 3.63) is 59.9 Å². The van der Waals surface area contributed by atoms with Crippen LogP contribution in [0, 0.1) is 0 Å². The third-order valence-electron chi connectivity index (χ3n) is 2.54. The minimum absolute atomic E-state index is 0.0356. The molecule has 0 saturated heterocycles. The van der Waals surface area contributed by atoms with Gasteiger partial charge in [-0.15, -0.1) is 0 Å². The van der Waals surface area contributed by atoms with Crippen molar-refractivity contribution in [3.63, 3.8) is 0 Å². The van der Waals surface area contributed by atoms with Crippen molar-refractivity contribution in [3.8, 4) is 0 Å². The van der Waals surface area contributed by atoms with Crippen LogP contribution in [0.4, 0.5) is 13.2 Å². The Labute approximate surface area is 133 Å². The monoisotopic (exact) mass is 341 g/mol. The lowest BCUT2D eigenvalue weighted by atomic mass is 10.2. The van der Waals surface area contributed by atoms with Crippen molar-refractivity contribution in [1.29, 1.82) is 0 Å². The molecule has 0 unspecified atom stereocenters. The van der Waals surface area contributed by atoms with Crippen LogP contribution in [-0.4, -0.2) is 22.3 Å². The van der Waals surface area contributed by atoms with Crippen molar-refractivity contribution in [2.45, 2.75) is 10.4 Å². The van der Waals surface area contributed by atoms with Gasteiger partial charge in [-0.05, 0) is 48.2 Å². The predicted molar refractivity (Wildman–Crippen MR) is 77.5 cm³/mol. The Balaban J connectivity index is 1.92. The lowest BCUT2D eigenvalue weighted by Gasteiger charge is -2.08. The van der Waals surface area contributed by atoms with E-state index >= 15 is 0 Å². The molecule has 2 N–H and O–H groups in total. The number of amides is 2. The van der Waals surface area contributed by atoms with Crippen LogP contribution in [0.5, 0.6) is 0 Å². The van der Waals surface area contributed by atoms with E-state index in [1.165, 1.54) is 36.5 Å². The molecule has 5 nitrogen and oxygen atoms in total. The fraction of sp³-hybridized carbons (Fsp3) is 0.0714. The van der Waals surface area contributed by atoms with Crippen LogP contribution < -0.4 is 10.9 Å². The molecule has 0 aliphatic rings. The molecule has 0 bridgehead atoms. The van der Waals surface area contributed by atoms with Crippen molar-refractivity contribution in [2.75, 3.05) is 0 Å². The molecule has 0 spiro atoms. The van der Waals surface area contributed by atoms with E-state index in [0.29, 0.717) is 0 Å². The maximum absolute atomic E-state index is 12.2. The summed E-state index contributed by atoms with van der Waals surface area (Å²) in [6, 6.07) is 9.52. The molecule has 23 heavy (non-hydrogen) atoms. The summed E-state index contributed by atoms with van der Waals surface area (Å²) in [5.74, 6) is -1.26. The van der Waals surface area contributed by atoms with Crippen LogP contribution in [0.3, 0.4) is 0 Å². The minimum Gasteiger partial charge on any atom is -0.267 e. The first-order valence-corrected chi connectivity index (χ1v) is 7.04. The first kappa shape index (κ1) is 16.8. The molecule has 120 valence electrons. The summed E-state index contributed by atoms with van der Waals surface area (Å²) < 4.78 is 36.6. The zero-order chi connectivity index (χ0) is 16.9. The summed E-state index contributed by atoms with van der Waals surface area (Å²) in [5, 5.41) is 0. The highest BCUT2D eigenvalue weighted by molar-refractivity contribution is 8.00. The van der Waals surface area contributed by atoms with Gasteiger partial charge >= 0.3 is 5.51 Å². The number of nitrogens with zero attached hydrogens (tertiary/aromatic N) is 1. The first-order chi connectivity index (χ1) is 10.8. The Morgan fingerprint density at radius 1 is 0.957 bits per heavy atom. The number of carbonyl (C=O) groups excluding carboxylic acids is 2. The fourth-order valence-electron chi connectivity index (χ4n) is 1.55.